The number of piperazine rings is 1. The molecule has 0 unspecified atom stereocenters. The number of nitrogens with one attached hydrogen (secondary N) is 1. The van der Waals surface area contributed by atoms with Gasteiger partial charge in [0.25, 0.3) is 5.91 Å². The second kappa shape index (κ2) is 8.34. The molecule has 168 valence electrons. The minimum absolute atomic E-state index is 0.00574. The number of aromatic amines is 1. The molecule has 0 atom stereocenters. The van der Waals surface area contributed by atoms with Gasteiger partial charge in [0.1, 0.15) is 5.69 Å². The van der Waals surface area contributed by atoms with E-state index in [1.54, 1.807) is 0 Å². The van der Waals surface area contributed by atoms with Gasteiger partial charge in [0.05, 0.1) is 11.2 Å². The number of hydrogen-bond donors (Lipinski definition) is 1. The molecule has 0 spiro atoms. The van der Waals surface area contributed by atoms with Gasteiger partial charge < -0.3 is 14.8 Å². The first kappa shape index (κ1) is 20.5. The maximum absolute atomic E-state index is 13.6. The van der Waals surface area contributed by atoms with Gasteiger partial charge in [-0.2, -0.15) is 0 Å². The van der Waals surface area contributed by atoms with Crippen molar-refractivity contribution in [3.8, 4) is 11.3 Å². The number of aromatic nitrogens is 2. The van der Waals surface area contributed by atoms with E-state index in [0.717, 1.165) is 46.2 Å². The number of aryl methyl sites for hydroxylation is 1. The van der Waals surface area contributed by atoms with Crippen LogP contribution in [0, 0.1) is 6.92 Å². The molecule has 2 aromatic heterocycles. The molecule has 5 aromatic rings. The summed E-state index contributed by atoms with van der Waals surface area (Å²) in [7, 11) is 0. The molecule has 0 radical (unpaired) electrons. The van der Waals surface area contributed by atoms with Gasteiger partial charge in [-0.1, -0.05) is 66.7 Å². The Bertz CT molecular complexity index is 1500. The normalized spacial score (nSPS) is 14.1. The number of para-hydroxylation sites is 2. The van der Waals surface area contributed by atoms with Gasteiger partial charge in [-0.3, -0.25) is 4.79 Å². The second-order valence-electron chi connectivity index (χ2n) is 8.88. The van der Waals surface area contributed by atoms with Crippen LogP contribution in [-0.4, -0.2) is 47.0 Å². The Morgan fingerprint density at radius 1 is 0.824 bits per heavy atom. The standard InChI is InChI=1S/C29H26N4O/c1-20-9-5-8-14-26(20)32-15-17-33(18-16-32)29(34)25-19-23-22-12-6-7-13-24(22)30-28(23)27(31-25)21-10-3-2-4-11-21/h2-14,19,30H,15-18H2,1H3. The summed E-state index contributed by atoms with van der Waals surface area (Å²) in [6.07, 6.45) is 0. The minimum atomic E-state index is -0.00574. The molecule has 0 saturated carbocycles. The molecular weight excluding hydrogens is 420 g/mol. The van der Waals surface area contributed by atoms with Crippen molar-refractivity contribution in [2.45, 2.75) is 6.92 Å². The average molecular weight is 447 g/mol. The van der Waals surface area contributed by atoms with E-state index < -0.39 is 0 Å². The fraction of sp³-hybridized carbons (Fsp3) is 0.172. The van der Waals surface area contributed by atoms with Gasteiger partial charge in [-0.25, -0.2) is 4.98 Å². The minimum Gasteiger partial charge on any atom is -0.368 e. The third-order valence-electron chi connectivity index (χ3n) is 6.79. The number of carbonyl (C=O) groups excluding carboxylic acids is 1. The smallest absolute Gasteiger partial charge is 0.272 e. The molecule has 1 N–H and O–H groups in total. The molecule has 1 fully saturated rings. The Hall–Kier alpha value is -4.12. The first-order valence-electron chi connectivity index (χ1n) is 11.8. The van der Waals surface area contributed by atoms with Crippen molar-refractivity contribution in [2.24, 2.45) is 0 Å². The lowest BCUT2D eigenvalue weighted by Crippen LogP contribution is -2.49. The van der Waals surface area contributed by atoms with Crippen molar-refractivity contribution in [3.05, 3.63) is 96.2 Å². The predicted octanol–water partition coefficient (Wildman–Crippen LogP) is 5.65. The fourth-order valence-electron chi connectivity index (χ4n) is 4.99. The van der Waals surface area contributed by atoms with E-state index in [-0.39, 0.29) is 5.91 Å². The number of benzene rings is 3. The molecule has 3 heterocycles. The third kappa shape index (κ3) is 3.50. The van der Waals surface area contributed by atoms with E-state index >= 15 is 0 Å². The van der Waals surface area contributed by atoms with Crippen LogP contribution in [0.4, 0.5) is 5.69 Å². The highest BCUT2D eigenvalue weighted by Gasteiger charge is 2.25. The molecule has 5 heteroatoms. The maximum Gasteiger partial charge on any atom is 0.272 e. The summed E-state index contributed by atoms with van der Waals surface area (Å²) >= 11 is 0. The largest absolute Gasteiger partial charge is 0.368 e. The Morgan fingerprint density at radius 3 is 2.32 bits per heavy atom. The molecule has 34 heavy (non-hydrogen) atoms. The Balaban J connectivity index is 1.36. The Labute approximate surface area is 198 Å². The van der Waals surface area contributed by atoms with Gasteiger partial charge in [0, 0.05) is 53.7 Å². The van der Waals surface area contributed by atoms with E-state index in [4.69, 9.17) is 4.98 Å². The average Bonchev–Trinajstić information content (AvgIpc) is 3.27. The molecule has 0 bridgehead atoms. The maximum atomic E-state index is 13.6. The number of fused-ring (bicyclic) bond motifs is 3. The van der Waals surface area contributed by atoms with Gasteiger partial charge in [-0.05, 0) is 30.7 Å². The van der Waals surface area contributed by atoms with Crippen molar-refractivity contribution in [2.75, 3.05) is 31.1 Å². The second-order valence-corrected chi connectivity index (χ2v) is 8.88. The number of pyridine rings is 1. The summed E-state index contributed by atoms with van der Waals surface area (Å²) in [5.41, 5.74) is 6.84. The van der Waals surface area contributed by atoms with Crippen molar-refractivity contribution in [1.29, 1.82) is 0 Å². The predicted molar refractivity (Wildman–Crippen MR) is 138 cm³/mol. The number of rotatable bonds is 3. The summed E-state index contributed by atoms with van der Waals surface area (Å²) in [5.74, 6) is -0.00574. The van der Waals surface area contributed by atoms with E-state index in [1.807, 2.05) is 53.4 Å². The molecule has 3 aromatic carbocycles. The van der Waals surface area contributed by atoms with E-state index in [1.165, 1.54) is 11.3 Å². The number of anilines is 1. The van der Waals surface area contributed by atoms with Crippen molar-refractivity contribution in [1.82, 2.24) is 14.9 Å². The van der Waals surface area contributed by atoms with Gasteiger partial charge >= 0.3 is 0 Å². The lowest BCUT2D eigenvalue weighted by atomic mass is 10.1. The number of amides is 1. The van der Waals surface area contributed by atoms with Crippen LogP contribution >= 0.6 is 0 Å². The SMILES string of the molecule is Cc1ccccc1N1CCN(C(=O)c2cc3c([nH]c4ccccc43)c(-c3ccccc3)n2)CC1. The lowest BCUT2D eigenvalue weighted by molar-refractivity contribution is 0.0741. The molecule has 1 aliphatic heterocycles. The highest BCUT2D eigenvalue weighted by molar-refractivity contribution is 6.13. The van der Waals surface area contributed by atoms with Crippen LogP contribution in [-0.2, 0) is 0 Å². The van der Waals surface area contributed by atoms with Crippen molar-refractivity contribution < 1.29 is 4.79 Å². The molecule has 1 saturated heterocycles. The molecular formula is C29H26N4O. The van der Waals surface area contributed by atoms with Crippen LogP contribution in [0.1, 0.15) is 16.1 Å². The molecule has 1 aliphatic rings. The third-order valence-corrected chi connectivity index (χ3v) is 6.79. The summed E-state index contributed by atoms with van der Waals surface area (Å²) in [6, 6.07) is 28.7. The van der Waals surface area contributed by atoms with E-state index in [9.17, 15) is 4.79 Å². The van der Waals surface area contributed by atoms with E-state index in [0.29, 0.717) is 18.8 Å². The molecule has 0 aliphatic carbocycles. The van der Waals surface area contributed by atoms with Gasteiger partial charge in [0.2, 0.25) is 0 Å². The number of carbonyl (C=O) groups is 1. The Kier molecular flexibility index (Phi) is 5.02. The summed E-state index contributed by atoms with van der Waals surface area (Å²) in [6.45, 7) is 5.14. The quantitative estimate of drug-likeness (QED) is 0.389. The van der Waals surface area contributed by atoms with Crippen LogP contribution in [0.15, 0.2) is 84.9 Å². The zero-order valence-corrected chi connectivity index (χ0v) is 19.2. The number of H-pyrrole nitrogens is 1. The van der Waals surface area contributed by atoms with Crippen LogP contribution in [0.2, 0.25) is 0 Å². The summed E-state index contributed by atoms with van der Waals surface area (Å²) in [4.78, 5) is 26.4. The van der Waals surface area contributed by atoms with Crippen molar-refractivity contribution in [3.63, 3.8) is 0 Å². The monoisotopic (exact) mass is 446 g/mol. The zero-order valence-electron chi connectivity index (χ0n) is 19.2. The molecule has 6 rings (SSSR count). The zero-order chi connectivity index (χ0) is 23.1. The highest BCUT2D eigenvalue weighted by Crippen LogP contribution is 2.33. The number of hydrogen-bond acceptors (Lipinski definition) is 3. The van der Waals surface area contributed by atoms with Crippen LogP contribution < -0.4 is 4.90 Å². The fourth-order valence-corrected chi connectivity index (χ4v) is 4.99. The topological polar surface area (TPSA) is 52.2 Å². The Morgan fingerprint density at radius 2 is 1.53 bits per heavy atom. The first-order valence-corrected chi connectivity index (χ1v) is 11.8. The molecule has 1 amide bonds. The van der Waals surface area contributed by atoms with Crippen LogP contribution in [0.5, 0.6) is 0 Å². The number of nitrogens with zero attached hydrogens (tertiary/aromatic N) is 3. The lowest BCUT2D eigenvalue weighted by Gasteiger charge is -2.36. The van der Waals surface area contributed by atoms with Gasteiger partial charge in [-0.15, -0.1) is 0 Å². The van der Waals surface area contributed by atoms with E-state index in [2.05, 4.69) is 53.2 Å². The van der Waals surface area contributed by atoms with Gasteiger partial charge in [0.15, 0.2) is 0 Å². The highest BCUT2D eigenvalue weighted by atomic mass is 16.2. The summed E-state index contributed by atoms with van der Waals surface area (Å²) < 4.78 is 0. The first-order chi connectivity index (χ1) is 16.7. The van der Waals surface area contributed by atoms with Crippen LogP contribution in [0.25, 0.3) is 33.1 Å². The molecule has 5 nitrogen and oxygen atoms in total. The summed E-state index contributed by atoms with van der Waals surface area (Å²) in [5, 5.41) is 2.14. The van der Waals surface area contributed by atoms with Crippen molar-refractivity contribution >= 4 is 33.4 Å². The van der Waals surface area contributed by atoms with Crippen LogP contribution in [0.3, 0.4) is 0 Å².